The first kappa shape index (κ1) is 17.7. The standard InChI is InChI=1S/C16H18F3N7O/c1-10-12(11(2)27-23-10)9-24-5-7-25(8-6-24)14-4-3-13-20-21-15(16(17,18)19)26(13)22-14/h3-4H,5-9H2,1-2H3. The van der Waals surface area contributed by atoms with Crippen LogP contribution < -0.4 is 4.90 Å². The zero-order valence-corrected chi connectivity index (χ0v) is 14.9. The molecule has 0 atom stereocenters. The number of anilines is 1. The molecule has 0 aliphatic carbocycles. The summed E-state index contributed by atoms with van der Waals surface area (Å²) in [6, 6.07) is 3.18. The SMILES string of the molecule is Cc1noc(C)c1CN1CCN(c2ccc3nnc(C(F)(F)F)n3n2)CC1. The normalized spacial score (nSPS) is 16.4. The predicted molar refractivity (Wildman–Crippen MR) is 89.3 cm³/mol. The van der Waals surface area contributed by atoms with E-state index in [1.165, 1.54) is 6.07 Å². The lowest BCUT2D eigenvalue weighted by Crippen LogP contribution is -2.46. The molecule has 144 valence electrons. The maximum atomic E-state index is 13.0. The van der Waals surface area contributed by atoms with Gasteiger partial charge in [0.25, 0.3) is 5.82 Å². The Bertz CT molecular complexity index is 937. The fourth-order valence-electron chi connectivity index (χ4n) is 3.21. The molecule has 1 fully saturated rings. The van der Waals surface area contributed by atoms with E-state index in [9.17, 15) is 13.2 Å². The molecule has 1 aliphatic heterocycles. The van der Waals surface area contributed by atoms with E-state index in [0.29, 0.717) is 18.9 Å². The Hall–Kier alpha value is -2.69. The second-order valence-electron chi connectivity index (χ2n) is 6.55. The Balaban J connectivity index is 1.48. The molecule has 0 saturated carbocycles. The van der Waals surface area contributed by atoms with Crippen LogP contribution in [0.4, 0.5) is 19.0 Å². The summed E-state index contributed by atoms with van der Waals surface area (Å²) in [4.78, 5) is 4.23. The van der Waals surface area contributed by atoms with Gasteiger partial charge in [0.2, 0.25) is 0 Å². The summed E-state index contributed by atoms with van der Waals surface area (Å²) >= 11 is 0. The van der Waals surface area contributed by atoms with Crippen LogP contribution >= 0.6 is 0 Å². The van der Waals surface area contributed by atoms with E-state index >= 15 is 0 Å². The maximum absolute atomic E-state index is 13.0. The molecule has 3 aromatic heterocycles. The molecule has 1 saturated heterocycles. The van der Waals surface area contributed by atoms with Crippen LogP contribution in [-0.4, -0.2) is 56.0 Å². The molecule has 3 aromatic rings. The van der Waals surface area contributed by atoms with E-state index in [2.05, 4.69) is 25.4 Å². The number of aryl methyl sites for hydroxylation is 2. The number of alkyl halides is 3. The van der Waals surface area contributed by atoms with Crippen molar-refractivity contribution in [3.8, 4) is 0 Å². The summed E-state index contributed by atoms with van der Waals surface area (Å²) in [5, 5.41) is 14.8. The van der Waals surface area contributed by atoms with Crippen molar-refractivity contribution in [2.45, 2.75) is 26.6 Å². The van der Waals surface area contributed by atoms with Crippen LogP contribution in [0.25, 0.3) is 5.65 Å². The van der Waals surface area contributed by atoms with Gasteiger partial charge in [0, 0.05) is 38.3 Å². The van der Waals surface area contributed by atoms with Crippen molar-refractivity contribution >= 4 is 11.5 Å². The summed E-state index contributed by atoms with van der Waals surface area (Å²) in [6.45, 7) is 7.39. The third kappa shape index (κ3) is 3.34. The van der Waals surface area contributed by atoms with Crippen LogP contribution in [0.2, 0.25) is 0 Å². The van der Waals surface area contributed by atoms with E-state index in [-0.39, 0.29) is 5.65 Å². The first-order valence-corrected chi connectivity index (χ1v) is 8.51. The molecule has 0 amide bonds. The number of piperazine rings is 1. The molecule has 11 heteroatoms. The minimum absolute atomic E-state index is 0.0723. The van der Waals surface area contributed by atoms with E-state index < -0.39 is 12.0 Å². The van der Waals surface area contributed by atoms with Crippen molar-refractivity contribution in [2.75, 3.05) is 31.1 Å². The number of hydrogen-bond acceptors (Lipinski definition) is 7. The van der Waals surface area contributed by atoms with Gasteiger partial charge in [-0.05, 0) is 26.0 Å². The van der Waals surface area contributed by atoms with Gasteiger partial charge in [-0.2, -0.15) is 17.7 Å². The smallest absolute Gasteiger partial charge is 0.361 e. The molecule has 0 bridgehead atoms. The maximum Gasteiger partial charge on any atom is 0.453 e. The van der Waals surface area contributed by atoms with Gasteiger partial charge in [-0.15, -0.1) is 15.3 Å². The zero-order chi connectivity index (χ0) is 19.2. The number of aromatic nitrogens is 5. The van der Waals surface area contributed by atoms with Gasteiger partial charge in [0.05, 0.1) is 5.69 Å². The number of halogens is 3. The summed E-state index contributed by atoms with van der Waals surface area (Å²) in [7, 11) is 0. The Labute approximate surface area is 152 Å². The van der Waals surface area contributed by atoms with Gasteiger partial charge >= 0.3 is 6.18 Å². The number of rotatable bonds is 3. The molecular weight excluding hydrogens is 363 g/mol. The summed E-state index contributed by atoms with van der Waals surface area (Å²) in [5.41, 5.74) is 2.04. The minimum Gasteiger partial charge on any atom is -0.361 e. The lowest BCUT2D eigenvalue weighted by Gasteiger charge is -2.35. The fraction of sp³-hybridized carbons (Fsp3) is 0.500. The van der Waals surface area contributed by atoms with Crippen LogP contribution in [0.5, 0.6) is 0 Å². The van der Waals surface area contributed by atoms with Crippen LogP contribution in [-0.2, 0) is 12.7 Å². The molecule has 4 heterocycles. The number of nitrogens with zero attached hydrogens (tertiary/aromatic N) is 7. The monoisotopic (exact) mass is 381 g/mol. The average molecular weight is 381 g/mol. The van der Waals surface area contributed by atoms with Crippen molar-refractivity contribution in [3.05, 3.63) is 35.0 Å². The van der Waals surface area contributed by atoms with E-state index in [0.717, 1.165) is 41.2 Å². The Morgan fingerprint density at radius 1 is 1.07 bits per heavy atom. The van der Waals surface area contributed by atoms with Crippen LogP contribution in [0.1, 0.15) is 22.8 Å². The molecule has 0 N–H and O–H groups in total. The van der Waals surface area contributed by atoms with Crippen molar-refractivity contribution < 1.29 is 17.7 Å². The average Bonchev–Trinajstić information content (AvgIpc) is 3.20. The highest BCUT2D eigenvalue weighted by molar-refractivity contribution is 5.46. The van der Waals surface area contributed by atoms with Gasteiger partial charge in [0.1, 0.15) is 11.6 Å². The predicted octanol–water partition coefficient (Wildman–Crippen LogP) is 2.07. The van der Waals surface area contributed by atoms with Gasteiger partial charge in [-0.25, -0.2) is 0 Å². The summed E-state index contributed by atoms with van der Waals surface area (Å²) in [5.74, 6) is 0.176. The molecule has 0 spiro atoms. The van der Waals surface area contributed by atoms with E-state index in [1.807, 2.05) is 18.7 Å². The lowest BCUT2D eigenvalue weighted by molar-refractivity contribution is -0.146. The zero-order valence-electron chi connectivity index (χ0n) is 14.9. The van der Waals surface area contributed by atoms with Gasteiger partial charge in [0.15, 0.2) is 5.65 Å². The molecule has 27 heavy (non-hydrogen) atoms. The summed E-state index contributed by atoms with van der Waals surface area (Å²) < 4.78 is 45.0. The first-order chi connectivity index (χ1) is 12.8. The highest BCUT2D eigenvalue weighted by Crippen LogP contribution is 2.28. The molecule has 4 rings (SSSR count). The molecule has 1 aliphatic rings. The molecule has 0 aromatic carbocycles. The Morgan fingerprint density at radius 3 is 2.44 bits per heavy atom. The number of fused-ring (bicyclic) bond motifs is 1. The minimum atomic E-state index is -4.60. The van der Waals surface area contributed by atoms with Crippen molar-refractivity contribution in [2.24, 2.45) is 0 Å². The quantitative estimate of drug-likeness (QED) is 0.687. The van der Waals surface area contributed by atoms with E-state index in [1.54, 1.807) is 6.07 Å². The lowest BCUT2D eigenvalue weighted by atomic mass is 10.2. The van der Waals surface area contributed by atoms with Crippen LogP contribution in [0.3, 0.4) is 0 Å². The highest BCUT2D eigenvalue weighted by atomic mass is 19.4. The van der Waals surface area contributed by atoms with Crippen molar-refractivity contribution in [1.82, 2.24) is 29.9 Å². The number of hydrogen-bond donors (Lipinski definition) is 0. The summed E-state index contributed by atoms with van der Waals surface area (Å²) in [6.07, 6.45) is -4.60. The van der Waals surface area contributed by atoms with E-state index in [4.69, 9.17) is 4.52 Å². The van der Waals surface area contributed by atoms with Gasteiger partial charge in [-0.3, -0.25) is 4.90 Å². The second-order valence-corrected chi connectivity index (χ2v) is 6.55. The topological polar surface area (TPSA) is 75.6 Å². The fourth-order valence-corrected chi connectivity index (χ4v) is 3.21. The third-order valence-corrected chi connectivity index (χ3v) is 4.76. The third-order valence-electron chi connectivity index (χ3n) is 4.76. The van der Waals surface area contributed by atoms with Crippen LogP contribution in [0, 0.1) is 13.8 Å². The largest absolute Gasteiger partial charge is 0.453 e. The molecule has 0 unspecified atom stereocenters. The Kier molecular flexibility index (Phi) is 4.25. The molecule has 8 nitrogen and oxygen atoms in total. The second kappa shape index (κ2) is 6.48. The van der Waals surface area contributed by atoms with Crippen LogP contribution in [0.15, 0.2) is 16.7 Å². The van der Waals surface area contributed by atoms with Crippen molar-refractivity contribution in [3.63, 3.8) is 0 Å². The molecular formula is C16H18F3N7O. The first-order valence-electron chi connectivity index (χ1n) is 8.51. The molecule has 0 radical (unpaired) electrons. The van der Waals surface area contributed by atoms with Gasteiger partial charge in [-0.1, -0.05) is 5.16 Å². The van der Waals surface area contributed by atoms with Crippen molar-refractivity contribution in [1.29, 1.82) is 0 Å². The van der Waals surface area contributed by atoms with Gasteiger partial charge < -0.3 is 9.42 Å². The Morgan fingerprint density at radius 2 is 1.81 bits per heavy atom. The highest BCUT2D eigenvalue weighted by Gasteiger charge is 2.37.